The van der Waals surface area contributed by atoms with Gasteiger partial charge < -0.3 is 14.2 Å². The molecule has 0 saturated heterocycles. The van der Waals surface area contributed by atoms with Gasteiger partial charge in [-0.05, 0) is 72.8 Å². The molecule has 2 heterocycles. The van der Waals surface area contributed by atoms with Crippen molar-refractivity contribution in [1.29, 1.82) is 0 Å². The second-order valence-electron chi connectivity index (χ2n) is 8.01. The van der Waals surface area contributed by atoms with Gasteiger partial charge in [0.2, 0.25) is 5.91 Å². The number of nitrogens with zero attached hydrogens (tertiary/aromatic N) is 3. The van der Waals surface area contributed by atoms with Gasteiger partial charge in [-0.2, -0.15) is 9.78 Å². The van der Waals surface area contributed by atoms with Gasteiger partial charge in [-0.15, -0.1) is 0 Å². The van der Waals surface area contributed by atoms with E-state index in [4.69, 9.17) is 25.8 Å². The van der Waals surface area contributed by atoms with Crippen molar-refractivity contribution in [2.24, 2.45) is 0 Å². The van der Waals surface area contributed by atoms with Crippen molar-refractivity contribution in [3.05, 3.63) is 84.0 Å². The van der Waals surface area contributed by atoms with Gasteiger partial charge in [0, 0.05) is 34.7 Å². The normalized spacial score (nSPS) is 10.9. The third-order valence-electron chi connectivity index (χ3n) is 5.74. The molecule has 0 N–H and O–H groups in total. The van der Waals surface area contributed by atoms with Gasteiger partial charge in [-0.1, -0.05) is 11.6 Å². The molecule has 180 valence electrons. The molecule has 0 aliphatic heterocycles. The zero-order valence-electron chi connectivity index (χ0n) is 19.9. The summed E-state index contributed by atoms with van der Waals surface area (Å²) in [7, 11) is 3.19. The summed E-state index contributed by atoms with van der Waals surface area (Å²) in [4.78, 5) is 16.8. The van der Waals surface area contributed by atoms with Crippen molar-refractivity contribution in [2.45, 2.75) is 6.92 Å². The highest BCUT2D eigenvalue weighted by molar-refractivity contribution is 6.31. The number of benzene rings is 3. The molecule has 0 amide bonds. The molecular formula is C28H22ClN3O4. The Morgan fingerprint density at radius 3 is 2.33 bits per heavy atom. The molecule has 0 aliphatic carbocycles. The summed E-state index contributed by atoms with van der Waals surface area (Å²) in [6, 6.07) is 22.1. The van der Waals surface area contributed by atoms with E-state index in [1.54, 1.807) is 44.7 Å². The quantitative estimate of drug-likeness (QED) is 0.253. The van der Waals surface area contributed by atoms with E-state index in [2.05, 4.69) is 10.1 Å². The topological polar surface area (TPSA) is 75.5 Å². The second-order valence-corrected chi connectivity index (χ2v) is 8.45. The van der Waals surface area contributed by atoms with E-state index < -0.39 is 0 Å². The first kappa shape index (κ1) is 23.4. The van der Waals surface area contributed by atoms with Gasteiger partial charge in [0.05, 0.1) is 31.1 Å². The van der Waals surface area contributed by atoms with Crippen LogP contribution in [0.25, 0.3) is 33.4 Å². The van der Waals surface area contributed by atoms with Crippen LogP contribution in [0.4, 0.5) is 0 Å². The van der Waals surface area contributed by atoms with Gasteiger partial charge >= 0.3 is 0 Å². The first-order valence-corrected chi connectivity index (χ1v) is 11.5. The third-order valence-corrected chi connectivity index (χ3v) is 5.97. The van der Waals surface area contributed by atoms with Crippen molar-refractivity contribution in [1.82, 2.24) is 14.8 Å². The number of rotatable bonds is 6. The van der Waals surface area contributed by atoms with Crippen LogP contribution < -0.4 is 14.2 Å². The summed E-state index contributed by atoms with van der Waals surface area (Å²) in [5.41, 5.74) is 3.67. The van der Waals surface area contributed by atoms with Crippen LogP contribution in [0.2, 0.25) is 5.02 Å². The summed E-state index contributed by atoms with van der Waals surface area (Å²) < 4.78 is 18.5. The number of carbonyl (C=O) groups excluding carboxylic acids is 1. The Labute approximate surface area is 212 Å². The number of aromatic nitrogens is 3. The molecule has 2 aromatic heterocycles. The minimum absolute atomic E-state index is 0.203. The molecule has 0 fully saturated rings. The fourth-order valence-corrected chi connectivity index (χ4v) is 4.11. The van der Waals surface area contributed by atoms with Gasteiger partial charge in [-0.25, -0.2) is 0 Å². The highest BCUT2D eigenvalue weighted by Crippen LogP contribution is 2.38. The fraction of sp³-hybridized carbons (Fsp3) is 0.107. The Bertz CT molecular complexity index is 1580. The average Bonchev–Trinajstić information content (AvgIpc) is 3.35. The maximum absolute atomic E-state index is 12.4. The maximum atomic E-state index is 12.4. The average molecular weight is 500 g/mol. The molecule has 7 nitrogen and oxygen atoms in total. The number of methoxy groups -OCH3 is 2. The van der Waals surface area contributed by atoms with Crippen LogP contribution in [-0.4, -0.2) is 34.9 Å². The Balaban J connectivity index is 1.52. The molecule has 0 atom stereocenters. The number of pyridine rings is 1. The highest BCUT2D eigenvalue weighted by Gasteiger charge is 2.17. The third kappa shape index (κ3) is 4.48. The standard InChI is InChI=1S/C28H22ClN3O4/c1-17(33)32-25(16-23(31-32)18-4-8-21(34-2)9-5-18)19-6-11-27(28(14-19)35-3)36-26-12-13-30-24-15-20(29)7-10-22(24)26/h4-16H,1-3H3. The van der Waals surface area contributed by atoms with Crippen LogP contribution >= 0.6 is 11.6 Å². The van der Waals surface area contributed by atoms with E-state index in [0.717, 1.165) is 27.8 Å². The molecule has 36 heavy (non-hydrogen) atoms. The molecule has 0 unspecified atom stereocenters. The van der Waals surface area contributed by atoms with Gasteiger partial charge in [0.15, 0.2) is 11.5 Å². The molecule has 0 radical (unpaired) electrons. The fourth-order valence-electron chi connectivity index (χ4n) is 3.94. The minimum Gasteiger partial charge on any atom is -0.497 e. The summed E-state index contributed by atoms with van der Waals surface area (Å²) in [5.74, 6) is 2.20. The highest BCUT2D eigenvalue weighted by atomic mass is 35.5. The van der Waals surface area contributed by atoms with E-state index in [9.17, 15) is 4.79 Å². The largest absolute Gasteiger partial charge is 0.497 e. The number of hydrogen-bond acceptors (Lipinski definition) is 6. The lowest BCUT2D eigenvalue weighted by Crippen LogP contribution is -2.09. The SMILES string of the molecule is COc1ccc(-c2cc(-c3ccc(Oc4ccnc5cc(Cl)ccc45)c(OC)c3)n(C(C)=O)n2)cc1. The van der Waals surface area contributed by atoms with E-state index >= 15 is 0 Å². The van der Waals surface area contributed by atoms with Crippen LogP contribution in [0.3, 0.4) is 0 Å². The van der Waals surface area contributed by atoms with Crippen molar-refractivity contribution in [3.63, 3.8) is 0 Å². The lowest BCUT2D eigenvalue weighted by atomic mass is 10.1. The van der Waals surface area contributed by atoms with Gasteiger partial charge in [-0.3, -0.25) is 9.78 Å². The summed E-state index contributed by atoms with van der Waals surface area (Å²) in [6.07, 6.45) is 1.67. The minimum atomic E-state index is -0.203. The second kappa shape index (κ2) is 9.71. The lowest BCUT2D eigenvalue weighted by molar-refractivity contribution is 0.0923. The summed E-state index contributed by atoms with van der Waals surface area (Å²) >= 11 is 6.11. The van der Waals surface area contributed by atoms with E-state index in [1.807, 2.05) is 48.5 Å². The molecule has 0 saturated carbocycles. The van der Waals surface area contributed by atoms with E-state index in [0.29, 0.717) is 33.7 Å². The maximum Gasteiger partial charge on any atom is 0.244 e. The van der Waals surface area contributed by atoms with Crippen LogP contribution in [0.15, 0.2) is 79.0 Å². The first-order valence-electron chi connectivity index (χ1n) is 11.1. The smallest absolute Gasteiger partial charge is 0.244 e. The zero-order valence-corrected chi connectivity index (χ0v) is 20.6. The monoisotopic (exact) mass is 499 g/mol. The van der Waals surface area contributed by atoms with Crippen LogP contribution in [-0.2, 0) is 0 Å². The Kier molecular flexibility index (Phi) is 6.31. The molecule has 0 spiro atoms. The number of carbonyl (C=O) groups is 1. The van der Waals surface area contributed by atoms with Gasteiger partial charge in [0.25, 0.3) is 0 Å². The first-order chi connectivity index (χ1) is 17.5. The number of hydrogen-bond donors (Lipinski definition) is 0. The van der Waals surface area contributed by atoms with Crippen LogP contribution in [0.1, 0.15) is 11.7 Å². The predicted molar refractivity (Wildman–Crippen MR) is 139 cm³/mol. The predicted octanol–water partition coefficient (Wildman–Crippen LogP) is 6.89. The number of fused-ring (bicyclic) bond motifs is 1. The van der Waals surface area contributed by atoms with E-state index in [-0.39, 0.29) is 5.91 Å². The molecule has 0 bridgehead atoms. The van der Waals surface area contributed by atoms with Crippen LogP contribution in [0, 0.1) is 0 Å². The van der Waals surface area contributed by atoms with Crippen molar-refractivity contribution in [2.75, 3.05) is 14.2 Å². The number of ether oxygens (including phenoxy) is 3. The lowest BCUT2D eigenvalue weighted by Gasteiger charge is -2.13. The molecule has 8 heteroatoms. The molecule has 5 rings (SSSR count). The summed E-state index contributed by atoms with van der Waals surface area (Å²) in [5, 5.41) is 5.96. The Hall–Kier alpha value is -4.36. The van der Waals surface area contributed by atoms with Crippen molar-refractivity contribution < 1.29 is 19.0 Å². The van der Waals surface area contributed by atoms with Gasteiger partial charge in [0.1, 0.15) is 11.5 Å². The van der Waals surface area contributed by atoms with Crippen LogP contribution in [0.5, 0.6) is 23.0 Å². The number of halogens is 1. The summed E-state index contributed by atoms with van der Waals surface area (Å²) in [6.45, 7) is 1.48. The van der Waals surface area contributed by atoms with Crippen molar-refractivity contribution in [3.8, 4) is 45.5 Å². The molecule has 0 aliphatic rings. The molecule has 5 aromatic rings. The Morgan fingerprint density at radius 1 is 0.833 bits per heavy atom. The van der Waals surface area contributed by atoms with Crippen molar-refractivity contribution >= 4 is 28.4 Å². The Morgan fingerprint density at radius 2 is 1.61 bits per heavy atom. The zero-order chi connectivity index (χ0) is 25.2. The molecular weight excluding hydrogens is 478 g/mol. The molecule has 3 aromatic carbocycles. The van der Waals surface area contributed by atoms with E-state index in [1.165, 1.54) is 11.6 Å².